The molecule has 170 valence electrons. The zero-order valence-corrected chi connectivity index (χ0v) is 23.2. The van der Waals surface area contributed by atoms with Crippen LogP contribution in [0.15, 0.2) is 63.5 Å². The third kappa shape index (κ3) is 4.67. The Morgan fingerprint density at radius 1 is 1.24 bits per heavy atom. The van der Waals surface area contributed by atoms with Gasteiger partial charge in [0.25, 0.3) is 5.56 Å². The molecule has 2 aromatic carbocycles. The number of carbonyl (C=O) groups is 1. The van der Waals surface area contributed by atoms with Crippen LogP contribution in [0.1, 0.15) is 31.0 Å². The Kier molecular flexibility index (Phi) is 7.39. The first kappa shape index (κ1) is 24.1. The summed E-state index contributed by atoms with van der Waals surface area (Å²) in [4.78, 5) is 31.5. The van der Waals surface area contributed by atoms with E-state index in [-0.39, 0.29) is 5.56 Å². The van der Waals surface area contributed by atoms with Crippen molar-refractivity contribution in [3.63, 3.8) is 0 Å². The largest absolute Gasteiger partial charge is 0.492 e. The number of rotatable bonds is 5. The van der Waals surface area contributed by atoms with Gasteiger partial charge in [-0.1, -0.05) is 41.7 Å². The number of methoxy groups -OCH3 is 1. The summed E-state index contributed by atoms with van der Waals surface area (Å²) in [6.45, 7) is 4.23. The standard InChI is InChI=1S/C24H20I2N2O4S/c1-4-32-21-15(10-16(25)12-17(21)26)11-18-22(29)28-20(14-8-6-5-7-9-14)19(23(30)31-3)13(2)27-24(28)33-18/h5-12,20H,4H2,1-3H3. The van der Waals surface area contributed by atoms with Crippen molar-refractivity contribution in [3.8, 4) is 5.75 Å². The second kappa shape index (κ2) is 10.1. The highest BCUT2D eigenvalue weighted by molar-refractivity contribution is 14.1. The number of ether oxygens (including phenoxy) is 2. The third-order valence-corrected chi connectivity index (χ3v) is 7.56. The number of fused-ring (bicyclic) bond motifs is 1. The quantitative estimate of drug-likeness (QED) is 0.301. The SMILES string of the molecule is CCOc1c(I)cc(I)cc1C=c1sc2n(c1=O)C(c1ccccc1)C(C(=O)OC)=C(C)N=2. The van der Waals surface area contributed by atoms with Gasteiger partial charge >= 0.3 is 5.97 Å². The van der Waals surface area contributed by atoms with E-state index in [9.17, 15) is 9.59 Å². The Labute approximate surface area is 221 Å². The molecule has 1 atom stereocenters. The zero-order chi connectivity index (χ0) is 23.7. The van der Waals surface area contributed by atoms with Gasteiger partial charge in [0.2, 0.25) is 0 Å². The number of hydrogen-bond donors (Lipinski definition) is 0. The summed E-state index contributed by atoms with van der Waals surface area (Å²) in [5.41, 5.74) is 2.35. The monoisotopic (exact) mass is 686 g/mol. The molecule has 0 aliphatic carbocycles. The number of thiazole rings is 1. The van der Waals surface area contributed by atoms with Crippen LogP contribution in [-0.2, 0) is 9.53 Å². The molecule has 1 unspecified atom stereocenters. The summed E-state index contributed by atoms with van der Waals surface area (Å²) >= 11 is 5.80. The van der Waals surface area contributed by atoms with E-state index in [4.69, 9.17) is 9.47 Å². The lowest BCUT2D eigenvalue weighted by atomic mass is 9.96. The maximum absolute atomic E-state index is 13.7. The van der Waals surface area contributed by atoms with Crippen LogP contribution in [-0.4, -0.2) is 24.3 Å². The number of benzene rings is 2. The Hall–Kier alpha value is -1.99. The smallest absolute Gasteiger partial charge is 0.338 e. The normalized spacial score (nSPS) is 15.8. The molecule has 0 saturated heterocycles. The van der Waals surface area contributed by atoms with Crippen LogP contribution in [0, 0.1) is 7.14 Å². The number of aromatic nitrogens is 1. The highest BCUT2D eigenvalue weighted by atomic mass is 127. The van der Waals surface area contributed by atoms with Crippen molar-refractivity contribution in [1.82, 2.24) is 4.57 Å². The Bertz CT molecular complexity index is 1440. The molecule has 0 fully saturated rings. The molecular formula is C24H20I2N2O4S. The molecule has 0 radical (unpaired) electrons. The first-order chi connectivity index (χ1) is 15.8. The fraction of sp³-hybridized carbons (Fsp3) is 0.208. The number of hydrogen-bond acceptors (Lipinski definition) is 6. The number of esters is 1. The molecular weight excluding hydrogens is 666 g/mol. The molecule has 4 rings (SSSR count). The van der Waals surface area contributed by atoms with Crippen LogP contribution in [0.5, 0.6) is 5.75 Å². The van der Waals surface area contributed by atoms with Gasteiger partial charge in [-0.25, -0.2) is 9.79 Å². The first-order valence-electron chi connectivity index (χ1n) is 10.1. The maximum atomic E-state index is 13.7. The summed E-state index contributed by atoms with van der Waals surface area (Å²) in [6, 6.07) is 12.9. The van der Waals surface area contributed by atoms with Crippen molar-refractivity contribution in [2.24, 2.45) is 4.99 Å². The van der Waals surface area contributed by atoms with E-state index in [2.05, 4.69) is 50.2 Å². The second-order valence-corrected chi connectivity index (χ2v) is 10.6. The minimum absolute atomic E-state index is 0.210. The molecule has 1 aromatic heterocycles. The molecule has 0 spiro atoms. The van der Waals surface area contributed by atoms with Crippen LogP contribution < -0.4 is 19.6 Å². The van der Waals surface area contributed by atoms with Gasteiger partial charge < -0.3 is 9.47 Å². The van der Waals surface area contributed by atoms with E-state index in [0.717, 1.165) is 24.0 Å². The number of carbonyl (C=O) groups excluding carboxylic acids is 1. The number of nitrogens with zero attached hydrogens (tertiary/aromatic N) is 2. The van der Waals surface area contributed by atoms with E-state index < -0.39 is 12.0 Å². The van der Waals surface area contributed by atoms with Crippen molar-refractivity contribution in [1.29, 1.82) is 0 Å². The van der Waals surface area contributed by atoms with E-state index in [1.54, 1.807) is 11.5 Å². The molecule has 6 nitrogen and oxygen atoms in total. The fourth-order valence-corrected chi connectivity index (χ4v) is 6.85. The highest BCUT2D eigenvalue weighted by Crippen LogP contribution is 2.31. The summed E-state index contributed by atoms with van der Waals surface area (Å²) in [5, 5.41) is 0. The maximum Gasteiger partial charge on any atom is 0.338 e. The van der Waals surface area contributed by atoms with Gasteiger partial charge in [-0.3, -0.25) is 9.36 Å². The van der Waals surface area contributed by atoms with Gasteiger partial charge in [0.15, 0.2) is 4.80 Å². The van der Waals surface area contributed by atoms with E-state index >= 15 is 0 Å². The Morgan fingerprint density at radius 2 is 1.97 bits per heavy atom. The molecule has 1 aliphatic rings. The summed E-state index contributed by atoms with van der Waals surface area (Å²) in [7, 11) is 1.34. The zero-order valence-electron chi connectivity index (χ0n) is 18.1. The highest BCUT2D eigenvalue weighted by Gasteiger charge is 2.32. The third-order valence-electron chi connectivity index (χ3n) is 5.15. The molecule has 9 heteroatoms. The minimum atomic E-state index is -0.612. The number of allylic oxidation sites excluding steroid dienone is 1. The molecule has 0 N–H and O–H groups in total. The van der Waals surface area contributed by atoms with Crippen LogP contribution in [0.25, 0.3) is 6.08 Å². The van der Waals surface area contributed by atoms with Crippen molar-refractivity contribution >= 4 is 68.6 Å². The molecule has 33 heavy (non-hydrogen) atoms. The molecule has 3 aromatic rings. The topological polar surface area (TPSA) is 69.9 Å². The predicted molar refractivity (Wildman–Crippen MR) is 145 cm³/mol. The van der Waals surface area contributed by atoms with E-state index in [1.165, 1.54) is 18.4 Å². The van der Waals surface area contributed by atoms with Crippen molar-refractivity contribution in [2.75, 3.05) is 13.7 Å². The number of halogens is 2. The van der Waals surface area contributed by atoms with Gasteiger partial charge in [0.1, 0.15) is 5.75 Å². The lowest BCUT2D eigenvalue weighted by Crippen LogP contribution is -2.39. The first-order valence-corrected chi connectivity index (χ1v) is 13.1. The summed E-state index contributed by atoms with van der Waals surface area (Å²) in [5.74, 6) is 0.251. The molecule has 2 heterocycles. The van der Waals surface area contributed by atoms with Crippen molar-refractivity contribution in [2.45, 2.75) is 19.9 Å². The van der Waals surface area contributed by atoms with Crippen LogP contribution in [0.4, 0.5) is 0 Å². The lowest BCUT2D eigenvalue weighted by molar-refractivity contribution is -0.136. The van der Waals surface area contributed by atoms with E-state index in [0.29, 0.717) is 27.2 Å². The van der Waals surface area contributed by atoms with Crippen LogP contribution >= 0.6 is 56.5 Å². The minimum Gasteiger partial charge on any atom is -0.492 e. The van der Waals surface area contributed by atoms with Crippen LogP contribution in [0.2, 0.25) is 0 Å². The molecule has 1 aliphatic heterocycles. The average molecular weight is 686 g/mol. The van der Waals surface area contributed by atoms with Crippen LogP contribution in [0.3, 0.4) is 0 Å². The second-order valence-electron chi connectivity index (χ2n) is 7.22. The predicted octanol–water partition coefficient (Wildman–Crippen LogP) is 4.02. The lowest BCUT2D eigenvalue weighted by Gasteiger charge is -2.24. The molecule has 0 amide bonds. The van der Waals surface area contributed by atoms with Gasteiger partial charge in [-0.05, 0) is 82.8 Å². The van der Waals surface area contributed by atoms with Gasteiger partial charge in [0, 0.05) is 9.13 Å². The van der Waals surface area contributed by atoms with Crippen molar-refractivity contribution in [3.05, 3.63) is 91.7 Å². The average Bonchev–Trinajstić information content (AvgIpc) is 3.09. The Morgan fingerprint density at radius 3 is 2.64 bits per heavy atom. The van der Waals surface area contributed by atoms with E-state index in [1.807, 2.05) is 55.5 Å². The Balaban J connectivity index is 1.99. The van der Waals surface area contributed by atoms with Gasteiger partial charge in [-0.15, -0.1) is 0 Å². The molecule has 0 bridgehead atoms. The summed E-state index contributed by atoms with van der Waals surface area (Å²) in [6.07, 6.45) is 1.85. The van der Waals surface area contributed by atoms with Gasteiger partial charge in [-0.2, -0.15) is 0 Å². The van der Waals surface area contributed by atoms with Crippen molar-refractivity contribution < 1.29 is 14.3 Å². The fourth-order valence-electron chi connectivity index (χ4n) is 3.77. The molecule has 0 saturated carbocycles. The summed E-state index contributed by atoms with van der Waals surface area (Å²) < 4.78 is 15.0. The van der Waals surface area contributed by atoms with Gasteiger partial charge in [0.05, 0.1) is 39.1 Å².